The number of carbonyl (C=O) groups excluding carboxylic acids is 2. The molecular formula is C38H41F2N9O3. The molecule has 3 aliphatic rings. The molecule has 4 aromatic rings. The number of carbonyl (C=O) groups is 2. The molecule has 2 fully saturated rings. The van der Waals surface area contributed by atoms with Crippen molar-refractivity contribution in [3.05, 3.63) is 89.4 Å². The Kier molecular flexibility index (Phi) is 9.34. The van der Waals surface area contributed by atoms with Gasteiger partial charge in [-0.3, -0.25) is 29.5 Å². The number of aromatic nitrogens is 4. The van der Waals surface area contributed by atoms with Gasteiger partial charge in [0, 0.05) is 38.8 Å². The molecule has 7 rings (SSSR count). The van der Waals surface area contributed by atoms with Crippen LogP contribution in [0.15, 0.2) is 60.9 Å². The summed E-state index contributed by atoms with van der Waals surface area (Å²) in [5, 5.41) is 12.9. The van der Waals surface area contributed by atoms with Crippen molar-refractivity contribution in [2.75, 3.05) is 49.9 Å². The minimum absolute atomic E-state index is 0.0130. The van der Waals surface area contributed by atoms with Crippen molar-refractivity contribution in [2.24, 2.45) is 12.5 Å². The third-order valence-electron chi connectivity index (χ3n) is 10.1. The minimum Gasteiger partial charge on any atom is -0.488 e. The number of likely N-dealkylation sites (tertiary alicyclic amines) is 1. The van der Waals surface area contributed by atoms with E-state index in [1.54, 1.807) is 55.0 Å². The van der Waals surface area contributed by atoms with Gasteiger partial charge in [0.1, 0.15) is 23.7 Å². The van der Waals surface area contributed by atoms with Gasteiger partial charge in [-0.1, -0.05) is 12.1 Å². The average Bonchev–Trinajstić information content (AvgIpc) is 3.84. The van der Waals surface area contributed by atoms with E-state index in [0.717, 1.165) is 11.1 Å². The second-order valence-corrected chi connectivity index (χ2v) is 14.0. The number of hydrogen-bond donors (Lipinski definition) is 2. The number of nitrogens with one attached hydrogen (secondary N) is 1. The lowest BCUT2D eigenvalue weighted by atomic mass is 9.85. The largest absolute Gasteiger partial charge is 0.488 e. The lowest BCUT2D eigenvalue weighted by Crippen LogP contribution is -2.43. The molecule has 5 heterocycles. The van der Waals surface area contributed by atoms with E-state index in [1.165, 1.54) is 29.2 Å². The number of rotatable bonds is 9. The van der Waals surface area contributed by atoms with Crippen LogP contribution in [0.4, 0.5) is 20.3 Å². The molecule has 0 bridgehead atoms. The number of halogens is 2. The zero-order chi connectivity index (χ0) is 36.7. The number of hydrogen-bond acceptors (Lipinski definition) is 9. The van der Waals surface area contributed by atoms with Gasteiger partial charge in [-0.25, -0.2) is 18.7 Å². The van der Waals surface area contributed by atoms with Gasteiger partial charge in [0.05, 0.1) is 35.0 Å². The lowest BCUT2D eigenvalue weighted by Gasteiger charge is -2.29. The van der Waals surface area contributed by atoms with Crippen molar-refractivity contribution in [3.63, 3.8) is 0 Å². The molecule has 14 heteroatoms. The van der Waals surface area contributed by atoms with Crippen molar-refractivity contribution < 1.29 is 23.1 Å². The van der Waals surface area contributed by atoms with Crippen LogP contribution in [0.3, 0.4) is 0 Å². The van der Waals surface area contributed by atoms with Crippen molar-refractivity contribution in [3.8, 4) is 17.1 Å². The third-order valence-corrected chi connectivity index (χ3v) is 10.1. The Bertz CT molecular complexity index is 2100. The van der Waals surface area contributed by atoms with E-state index in [2.05, 4.69) is 15.1 Å². The van der Waals surface area contributed by atoms with Crippen molar-refractivity contribution >= 4 is 34.6 Å². The highest BCUT2D eigenvalue weighted by Crippen LogP contribution is 2.42. The summed E-state index contributed by atoms with van der Waals surface area (Å²) in [7, 11) is 1.73. The topological polar surface area (TPSA) is 147 Å². The van der Waals surface area contributed by atoms with Crippen molar-refractivity contribution in [2.45, 2.75) is 39.2 Å². The van der Waals surface area contributed by atoms with E-state index in [1.807, 2.05) is 17.0 Å². The van der Waals surface area contributed by atoms with Gasteiger partial charge in [-0.05, 0) is 93.3 Å². The number of aryl methyl sites for hydroxylation is 1. The van der Waals surface area contributed by atoms with Gasteiger partial charge in [0.25, 0.3) is 0 Å². The summed E-state index contributed by atoms with van der Waals surface area (Å²) in [6.45, 7) is 6.27. The number of anilines is 2. The van der Waals surface area contributed by atoms with E-state index in [4.69, 9.17) is 15.9 Å². The van der Waals surface area contributed by atoms with E-state index in [-0.39, 0.29) is 52.9 Å². The Morgan fingerprint density at radius 2 is 1.87 bits per heavy atom. The normalized spacial score (nSPS) is 19.2. The van der Waals surface area contributed by atoms with Crippen LogP contribution in [0.1, 0.15) is 49.9 Å². The molecule has 0 saturated carbocycles. The molecule has 3 aliphatic heterocycles. The fourth-order valence-corrected chi connectivity index (χ4v) is 7.27. The first-order valence-electron chi connectivity index (χ1n) is 17.4. The van der Waals surface area contributed by atoms with Crippen LogP contribution in [-0.4, -0.2) is 92.4 Å². The van der Waals surface area contributed by atoms with Crippen LogP contribution >= 0.6 is 0 Å². The maximum absolute atomic E-state index is 14.9. The van der Waals surface area contributed by atoms with Crippen molar-refractivity contribution in [1.29, 1.82) is 5.41 Å². The van der Waals surface area contributed by atoms with Gasteiger partial charge >= 0.3 is 0 Å². The van der Waals surface area contributed by atoms with Crippen LogP contribution < -0.4 is 15.4 Å². The van der Waals surface area contributed by atoms with E-state index < -0.39 is 17.0 Å². The van der Waals surface area contributed by atoms with Gasteiger partial charge in [0.2, 0.25) is 11.8 Å². The van der Waals surface area contributed by atoms with Gasteiger partial charge in [-0.2, -0.15) is 5.10 Å². The standard InChI is InChI=1S/C38H41F2N9O3/c1-23(2)52-31-8-5-26(19-29(31)40)34(42)35-30(41)7-9-32(44-35)49-17-13-38(37(49)51)12-16-47(21-38)20-33(50)48-14-10-24(11-15-48)25-4-6-27(28(39)18-25)36-43-22-46(3)45-36/h4-10,18-19,22-23,42H,11-17,20-21,41H2,1-3H3/t38-/m0/s1. The maximum atomic E-state index is 14.9. The summed E-state index contributed by atoms with van der Waals surface area (Å²) >= 11 is 0. The van der Waals surface area contributed by atoms with E-state index >= 15 is 0 Å². The fourth-order valence-electron chi connectivity index (χ4n) is 7.27. The van der Waals surface area contributed by atoms with E-state index in [9.17, 15) is 18.4 Å². The average molecular weight is 710 g/mol. The Hall–Kier alpha value is -5.50. The first-order valence-corrected chi connectivity index (χ1v) is 17.4. The number of benzene rings is 2. The molecule has 1 atom stereocenters. The molecule has 12 nitrogen and oxygen atoms in total. The summed E-state index contributed by atoms with van der Waals surface area (Å²) in [6.07, 6.45) is 5.13. The smallest absolute Gasteiger partial charge is 0.237 e. The van der Waals surface area contributed by atoms with Crippen LogP contribution in [0.5, 0.6) is 5.75 Å². The molecule has 2 saturated heterocycles. The Morgan fingerprint density at radius 1 is 1.06 bits per heavy atom. The number of amides is 2. The first kappa shape index (κ1) is 34.9. The van der Waals surface area contributed by atoms with Gasteiger partial charge in [0.15, 0.2) is 17.4 Å². The van der Waals surface area contributed by atoms with Gasteiger partial charge in [-0.15, -0.1) is 0 Å². The number of ether oxygens (including phenoxy) is 1. The highest BCUT2D eigenvalue weighted by molar-refractivity contribution is 6.13. The molecular weight excluding hydrogens is 668 g/mol. The minimum atomic E-state index is -0.637. The number of nitrogens with zero attached hydrogens (tertiary/aromatic N) is 7. The summed E-state index contributed by atoms with van der Waals surface area (Å²) in [5.74, 6) is -0.261. The second-order valence-electron chi connectivity index (χ2n) is 14.0. The summed E-state index contributed by atoms with van der Waals surface area (Å²) in [6, 6.07) is 12.6. The van der Waals surface area contributed by atoms with Crippen LogP contribution in [0, 0.1) is 22.5 Å². The molecule has 0 radical (unpaired) electrons. The lowest BCUT2D eigenvalue weighted by molar-refractivity contribution is -0.132. The third kappa shape index (κ3) is 6.77. The van der Waals surface area contributed by atoms with Crippen LogP contribution in [-0.2, 0) is 16.6 Å². The van der Waals surface area contributed by atoms with Gasteiger partial charge < -0.3 is 15.4 Å². The molecule has 3 N–H and O–H groups in total. The van der Waals surface area contributed by atoms with E-state index in [0.29, 0.717) is 69.2 Å². The quantitative estimate of drug-likeness (QED) is 0.238. The maximum Gasteiger partial charge on any atom is 0.237 e. The summed E-state index contributed by atoms with van der Waals surface area (Å²) in [5.41, 5.74) is 8.29. The Labute approximate surface area is 300 Å². The number of nitrogens with two attached hydrogens (primary N) is 1. The molecule has 2 amide bonds. The molecule has 2 aromatic carbocycles. The Morgan fingerprint density at radius 3 is 2.56 bits per heavy atom. The highest BCUT2D eigenvalue weighted by Gasteiger charge is 2.51. The number of nitrogen functional groups attached to an aromatic ring is 1. The summed E-state index contributed by atoms with van der Waals surface area (Å²) in [4.78, 5) is 41.5. The molecule has 2 aromatic heterocycles. The SMILES string of the molecule is CC(C)Oc1ccc(C(=N)c2nc(N3CC[C@]4(CCN(CC(=O)N5CC=C(c6ccc(-c7ncn(C)n7)c(F)c6)CC5)C4)C3=O)ccc2N)cc1F. The number of pyridine rings is 1. The molecule has 0 unspecified atom stereocenters. The molecule has 270 valence electrons. The van der Waals surface area contributed by atoms with Crippen molar-refractivity contribution in [1.82, 2.24) is 29.5 Å². The Balaban J connectivity index is 0.965. The molecule has 1 spiro atoms. The predicted molar refractivity (Wildman–Crippen MR) is 193 cm³/mol. The second kappa shape index (κ2) is 13.9. The molecule has 0 aliphatic carbocycles. The predicted octanol–water partition coefficient (Wildman–Crippen LogP) is 4.69. The zero-order valence-corrected chi connectivity index (χ0v) is 29.4. The molecule has 52 heavy (non-hydrogen) atoms. The monoisotopic (exact) mass is 709 g/mol. The first-order chi connectivity index (χ1) is 24.9. The van der Waals surface area contributed by atoms with Crippen LogP contribution in [0.25, 0.3) is 17.0 Å². The highest BCUT2D eigenvalue weighted by atomic mass is 19.1. The summed E-state index contributed by atoms with van der Waals surface area (Å²) < 4.78 is 36.7. The van der Waals surface area contributed by atoms with Crippen LogP contribution in [0.2, 0.25) is 0 Å². The fraction of sp³-hybridized carbons (Fsp3) is 0.368. The zero-order valence-electron chi connectivity index (χ0n) is 29.4.